The number of amides is 1. The van der Waals surface area contributed by atoms with E-state index < -0.39 is 58.2 Å². The maximum atomic E-state index is 17.4. The van der Waals surface area contributed by atoms with Gasteiger partial charge in [-0.05, 0) is 71.2 Å². The van der Waals surface area contributed by atoms with Gasteiger partial charge in [-0.15, -0.1) is 11.3 Å². The van der Waals surface area contributed by atoms with Crippen molar-refractivity contribution in [3.8, 4) is 23.2 Å². The predicted molar refractivity (Wildman–Crippen MR) is 203 cm³/mol. The van der Waals surface area contributed by atoms with Gasteiger partial charge >= 0.3 is 18.2 Å². The fourth-order valence-electron chi connectivity index (χ4n) is 9.10. The number of fused-ring (bicyclic) bond motifs is 3. The molecule has 5 aromatic rings. The molecule has 300 valence electrons. The minimum atomic E-state index is -5.15. The zero-order valence-corrected chi connectivity index (χ0v) is 32.4. The Balaban J connectivity index is 1.31. The average molecular weight is 812 g/mol. The highest BCUT2D eigenvalue weighted by molar-refractivity contribution is 7.23. The molecule has 57 heavy (non-hydrogen) atoms. The number of hydrogen-bond donors (Lipinski definition) is 1. The number of likely N-dealkylation sites (N-methyl/N-ethyl adjacent to an activating group) is 1. The monoisotopic (exact) mass is 811 g/mol. The molecule has 8 rings (SSSR count). The van der Waals surface area contributed by atoms with Crippen molar-refractivity contribution in [2.45, 2.75) is 83.3 Å². The molecular weight excluding hydrogens is 773 g/mol. The van der Waals surface area contributed by atoms with Crippen LogP contribution in [-0.2, 0) is 6.18 Å². The lowest BCUT2D eigenvalue weighted by Gasteiger charge is -2.35. The largest absolute Gasteiger partial charge is 0.461 e. The van der Waals surface area contributed by atoms with Gasteiger partial charge in [0, 0.05) is 48.1 Å². The van der Waals surface area contributed by atoms with Crippen LogP contribution in [0.15, 0.2) is 24.5 Å². The van der Waals surface area contributed by atoms with E-state index in [0.717, 1.165) is 24.6 Å². The van der Waals surface area contributed by atoms with Crippen molar-refractivity contribution in [3.63, 3.8) is 0 Å². The van der Waals surface area contributed by atoms with Crippen LogP contribution in [0.25, 0.3) is 32.1 Å². The van der Waals surface area contributed by atoms with E-state index >= 15 is 22.0 Å². The molecule has 3 fully saturated rings. The Labute approximate surface area is 327 Å². The highest BCUT2D eigenvalue weighted by Crippen LogP contribution is 2.49. The van der Waals surface area contributed by atoms with E-state index in [9.17, 15) is 14.4 Å². The third-order valence-electron chi connectivity index (χ3n) is 12.1. The molecule has 1 amide bonds. The number of benzene rings is 2. The first-order valence-corrected chi connectivity index (χ1v) is 19.5. The van der Waals surface area contributed by atoms with Crippen molar-refractivity contribution in [2.24, 2.45) is 0 Å². The summed E-state index contributed by atoms with van der Waals surface area (Å²) in [5, 5.41) is 9.27. The van der Waals surface area contributed by atoms with Crippen LogP contribution in [0, 0.1) is 36.8 Å². The number of rotatable bonds is 7. The summed E-state index contributed by atoms with van der Waals surface area (Å²) in [6.07, 6.45) is -2.69. The topological polar surface area (TPSA) is 129 Å². The van der Waals surface area contributed by atoms with E-state index in [1.807, 2.05) is 17.9 Å². The number of aryl methyl sites for hydroxylation is 1. The summed E-state index contributed by atoms with van der Waals surface area (Å²) in [6, 6.07) is 2.91. The fourth-order valence-corrected chi connectivity index (χ4v) is 10.0. The molecule has 6 heterocycles. The summed E-state index contributed by atoms with van der Waals surface area (Å²) in [7, 11) is 0. The molecule has 3 aromatic heterocycles. The molecule has 0 saturated carbocycles. The molecule has 0 bridgehead atoms. The molecule has 3 saturated heterocycles. The number of nitriles is 1. The number of carbonyl (C=O) groups excluding carboxylic acids is 1. The van der Waals surface area contributed by atoms with Gasteiger partial charge in [0.1, 0.15) is 47.3 Å². The van der Waals surface area contributed by atoms with Crippen molar-refractivity contribution in [2.75, 3.05) is 43.4 Å². The summed E-state index contributed by atoms with van der Waals surface area (Å²) in [4.78, 5) is 32.4. The van der Waals surface area contributed by atoms with E-state index in [1.54, 1.807) is 30.6 Å². The molecule has 3 aliphatic rings. The number of aromatic nitrogens is 4. The number of alkyl halides is 4. The van der Waals surface area contributed by atoms with E-state index in [0.29, 0.717) is 48.7 Å². The van der Waals surface area contributed by atoms with Crippen molar-refractivity contribution in [1.82, 2.24) is 29.3 Å². The number of nitrogen functional groups attached to an aromatic ring is 1. The summed E-state index contributed by atoms with van der Waals surface area (Å²) >= 11 is 0.677. The van der Waals surface area contributed by atoms with Gasteiger partial charge in [-0.25, -0.2) is 22.9 Å². The average Bonchev–Trinajstić information content (AvgIpc) is 3.97. The number of imidazole rings is 1. The minimum absolute atomic E-state index is 0.0380. The molecule has 11 nitrogen and oxygen atoms in total. The van der Waals surface area contributed by atoms with Gasteiger partial charge in [-0.2, -0.15) is 28.4 Å². The SMILES string of the molecule is CCN(c1nc(OC[C@@]23CCCN2C[C@H](F)C3)nc2c(F)c(-c3ccc(F)c4sc(N)c(C#N)c34)c(C(F)(F)F)cc12)[C@@H]1CCN(C(=O)n2cnc(C)c2C)[C@@H]1C. The van der Waals surface area contributed by atoms with Crippen molar-refractivity contribution in [1.29, 1.82) is 5.26 Å². The Morgan fingerprint density at radius 1 is 1.21 bits per heavy atom. The third-order valence-corrected chi connectivity index (χ3v) is 13.1. The summed E-state index contributed by atoms with van der Waals surface area (Å²) in [6.45, 7) is 8.55. The number of halogens is 6. The maximum Gasteiger partial charge on any atom is 0.417 e. The predicted octanol–water partition coefficient (Wildman–Crippen LogP) is 7.99. The molecule has 2 aromatic carbocycles. The van der Waals surface area contributed by atoms with Crippen LogP contribution in [0.1, 0.15) is 62.0 Å². The second kappa shape index (κ2) is 14.0. The second-order valence-electron chi connectivity index (χ2n) is 15.1. The quantitative estimate of drug-likeness (QED) is 0.163. The fraction of sp³-hybridized carbons (Fsp3) is 0.462. The normalized spacial score (nSPS) is 22.5. The number of carbonyl (C=O) groups is 1. The molecule has 0 aliphatic carbocycles. The van der Waals surface area contributed by atoms with Crippen LogP contribution in [0.4, 0.5) is 42.0 Å². The molecule has 2 N–H and O–H groups in total. The van der Waals surface area contributed by atoms with E-state index in [4.69, 9.17) is 10.5 Å². The number of thiophene rings is 1. The number of likely N-dealkylation sites (tertiary alicyclic amines) is 1. The Kier molecular flexibility index (Phi) is 9.54. The van der Waals surface area contributed by atoms with E-state index in [1.165, 1.54) is 10.9 Å². The zero-order chi connectivity index (χ0) is 40.7. The standard InChI is InChI=1S/C39H39F6N9O2S/c1-5-52(28-9-12-53(21(28)4)37(55)54-18-48-19(2)20(54)3)35-24-13-26(39(43,44)45)30(23-7-8-27(41)33-29(23)25(15-46)34(47)57-33)31(42)32(24)49-36(50-35)56-17-38-10-6-11-51(38)16-22(40)14-38/h7-8,13,18,21-22,28H,5-6,9-12,14,16-17,47H2,1-4H3/t21-,22-,28-,38+/m1/s1. The number of anilines is 2. The van der Waals surface area contributed by atoms with Crippen LogP contribution in [0.5, 0.6) is 6.01 Å². The summed E-state index contributed by atoms with van der Waals surface area (Å²) < 4.78 is 100. The van der Waals surface area contributed by atoms with Gasteiger partial charge in [0.05, 0.1) is 39.1 Å². The number of ether oxygens (including phenoxy) is 1. The molecule has 0 unspecified atom stereocenters. The van der Waals surface area contributed by atoms with E-state index in [2.05, 4.69) is 15.0 Å². The van der Waals surface area contributed by atoms with Gasteiger partial charge in [0.2, 0.25) is 0 Å². The first-order chi connectivity index (χ1) is 27.1. The zero-order valence-electron chi connectivity index (χ0n) is 31.6. The highest BCUT2D eigenvalue weighted by Gasteiger charge is 2.50. The number of nitrogens with zero attached hydrogens (tertiary/aromatic N) is 8. The first kappa shape index (κ1) is 38.7. The third kappa shape index (κ3) is 6.20. The van der Waals surface area contributed by atoms with Crippen LogP contribution >= 0.6 is 11.3 Å². The Morgan fingerprint density at radius 2 is 1.98 bits per heavy atom. The van der Waals surface area contributed by atoms with Crippen molar-refractivity contribution in [3.05, 3.63) is 58.7 Å². The van der Waals surface area contributed by atoms with Crippen LogP contribution in [-0.4, -0.2) is 91.9 Å². The Hall–Kier alpha value is -5.15. The lowest BCUT2D eigenvalue weighted by atomic mass is 9.92. The molecule has 0 spiro atoms. The minimum Gasteiger partial charge on any atom is -0.461 e. The van der Waals surface area contributed by atoms with Gasteiger partial charge in [-0.3, -0.25) is 9.47 Å². The van der Waals surface area contributed by atoms with Gasteiger partial charge in [0.25, 0.3) is 0 Å². The van der Waals surface area contributed by atoms with Gasteiger partial charge < -0.3 is 20.3 Å². The van der Waals surface area contributed by atoms with Crippen LogP contribution in [0.2, 0.25) is 0 Å². The lowest BCUT2D eigenvalue weighted by Crippen LogP contribution is -2.47. The molecule has 0 radical (unpaired) electrons. The lowest BCUT2D eigenvalue weighted by molar-refractivity contribution is -0.137. The second-order valence-corrected chi connectivity index (χ2v) is 16.1. The number of hydrogen-bond acceptors (Lipinski definition) is 10. The maximum absolute atomic E-state index is 17.4. The van der Waals surface area contributed by atoms with Crippen LogP contribution < -0.4 is 15.4 Å². The van der Waals surface area contributed by atoms with E-state index in [-0.39, 0.29) is 75.6 Å². The van der Waals surface area contributed by atoms with Crippen molar-refractivity contribution < 1.29 is 35.9 Å². The summed E-state index contributed by atoms with van der Waals surface area (Å²) in [5.74, 6) is -2.27. The molecule has 4 atom stereocenters. The molecule has 3 aliphatic heterocycles. The molecule has 18 heteroatoms. The highest BCUT2D eigenvalue weighted by atomic mass is 32.1. The Morgan fingerprint density at radius 3 is 2.67 bits per heavy atom. The smallest absolute Gasteiger partial charge is 0.417 e. The molecular formula is C39H39F6N9O2S. The first-order valence-electron chi connectivity index (χ1n) is 18.7. The van der Waals surface area contributed by atoms with Gasteiger partial charge in [0.15, 0.2) is 5.82 Å². The van der Waals surface area contributed by atoms with Crippen LogP contribution in [0.3, 0.4) is 0 Å². The van der Waals surface area contributed by atoms with Gasteiger partial charge in [-0.1, -0.05) is 6.07 Å². The Bertz CT molecular complexity index is 2480. The number of nitrogens with two attached hydrogens (primary N) is 1. The van der Waals surface area contributed by atoms with Crippen molar-refractivity contribution >= 4 is 49.2 Å². The summed E-state index contributed by atoms with van der Waals surface area (Å²) in [5.41, 5.74) is 3.21.